The molecule has 0 aliphatic heterocycles. The third-order valence-electron chi connectivity index (χ3n) is 1.88. The van der Waals surface area contributed by atoms with Crippen molar-refractivity contribution >= 4 is 15.6 Å². The van der Waals surface area contributed by atoms with Crippen molar-refractivity contribution in [3.8, 4) is 5.75 Å². The number of phenols is 1. The first-order valence-electron chi connectivity index (χ1n) is 4.12. The highest BCUT2D eigenvalue weighted by Gasteiger charge is 2.13. The molecule has 3 N–H and O–H groups in total. The molecule has 82 valence electrons. The number of ketones is 1. The first-order valence-corrected chi connectivity index (χ1v) is 6.01. The van der Waals surface area contributed by atoms with Gasteiger partial charge in [0.15, 0.2) is 15.6 Å². The van der Waals surface area contributed by atoms with Crippen molar-refractivity contribution in [2.24, 2.45) is 5.73 Å². The lowest BCUT2D eigenvalue weighted by molar-refractivity contribution is 0.0998. The van der Waals surface area contributed by atoms with Crippen molar-refractivity contribution in [1.29, 1.82) is 0 Å². The van der Waals surface area contributed by atoms with E-state index in [1.54, 1.807) is 0 Å². The first kappa shape index (κ1) is 11.7. The average molecular weight is 229 g/mol. The molecule has 0 saturated heterocycles. The van der Waals surface area contributed by atoms with Gasteiger partial charge in [0.1, 0.15) is 5.75 Å². The van der Waals surface area contributed by atoms with Crippen LogP contribution in [0.1, 0.15) is 10.4 Å². The number of hydrogen-bond acceptors (Lipinski definition) is 5. The third kappa shape index (κ3) is 2.54. The summed E-state index contributed by atoms with van der Waals surface area (Å²) < 4.78 is 22.2. The second-order valence-electron chi connectivity index (χ2n) is 3.08. The van der Waals surface area contributed by atoms with Crippen LogP contribution in [-0.2, 0) is 9.84 Å². The van der Waals surface area contributed by atoms with Crippen molar-refractivity contribution < 1.29 is 18.3 Å². The Morgan fingerprint density at radius 1 is 1.47 bits per heavy atom. The van der Waals surface area contributed by atoms with E-state index in [9.17, 15) is 18.3 Å². The van der Waals surface area contributed by atoms with Crippen molar-refractivity contribution in [3.63, 3.8) is 0 Å². The smallest absolute Gasteiger partial charge is 0.180 e. The van der Waals surface area contributed by atoms with Gasteiger partial charge in [0, 0.05) is 6.26 Å². The minimum absolute atomic E-state index is 0.0323. The number of carbonyl (C=O) groups is 1. The highest BCUT2D eigenvalue weighted by molar-refractivity contribution is 7.90. The molecule has 1 aromatic carbocycles. The van der Waals surface area contributed by atoms with E-state index in [2.05, 4.69) is 0 Å². The van der Waals surface area contributed by atoms with E-state index in [0.717, 1.165) is 12.3 Å². The fourth-order valence-electron chi connectivity index (χ4n) is 1.09. The largest absolute Gasteiger partial charge is 0.507 e. The van der Waals surface area contributed by atoms with Gasteiger partial charge in [-0.05, 0) is 18.2 Å². The number of aromatic hydroxyl groups is 1. The number of Topliss-reactive ketones (excluding diaryl/α,β-unsaturated/α-hetero) is 1. The third-order valence-corrected chi connectivity index (χ3v) is 2.99. The van der Waals surface area contributed by atoms with Gasteiger partial charge in [-0.1, -0.05) is 0 Å². The lowest BCUT2D eigenvalue weighted by Crippen LogP contribution is -2.13. The summed E-state index contributed by atoms with van der Waals surface area (Å²) in [6.07, 6.45) is 1.02. The summed E-state index contributed by atoms with van der Waals surface area (Å²) in [4.78, 5) is 11.1. The van der Waals surface area contributed by atoms with E-state index in [1.165, 1.54) is 12.1 Å². The molecule has 1 aromatic rings. The fraction of sp³-hybridized carbons (Fsp3) is 0.222. The quantitative estimate of drug-likeness (QED) is 0.707. The molecule has 0 heterocycles. The average Bonchev–Trinajstić information content (AvgIpc) is 2.15. The maximum Gasteiger partial charge on any atom is 0.180 e. The number of phenolic OH excluding ortho intramolecular Hbond substituents is 1. The monoisotopic (exact) mass is 229 g/mol. The predicted molar refractivity (Wildman–Crippen MR) is 54.6 cm³/mol. The van der Waals surface area contributed by atoms with Crippen LogP contribution in [0.2, 0.25) is 0 Å². The van der Waals surface area contributed by atoms with Gasteiger partial charge in [0.2, 0.25) is 0 Å². The van der Waals surface area contributed by atoms with Gasteiger partial charge >= 0.3 is 0 Å². The van der Waals surface area contributed by atoms with Crippen molar-refractivity contribution in [1.82, 2.24) is 0 Å². The van der Waals surface area contributed by atoms with Crippen LogP contribution in [0.5, 0.6) is 5.75 Å². The fourth-order valence-corrected chi connectivity index (χ4v) is 1.73. The van der Waals surface area contributed by atoms with E-state index < -0.39 is 15.6 Å². The molecule has 1 rings (SSSR count). The second-order valence-corrected chi connectivity index (χ2v) is 5.09. The lowest BCUT2D eigenvalue weighted by atomic mass is 10.1. The summed E-state index contributed by atoms with van der Waals surface area (Å²) in [6, 6.07) is 3.55. The Morgan fingerprint density at radius 3 is 2.47 bits per heavy atom. The minimum atomic E-state index is -3.38. The predicted octanol–water partition coefficient (Wildman–Crippen LogP) is -0.0629. The molecule has 0 radical (unpaired) electrons. The Hall–Kier alpha value is -1.40. The van der Waals surface area contributed by atoms with Crippen LogP contribution in [0.15, 0.2) is 23.1 Å². The molecule has 0 fully saturated rings. The summed E-state index contributed by atoms with van der Waals surface area (Å²) in [7, 11) is -3.38. The highest BCUT2D eigenvalue weighted by atomic mass is 32.2. The van der Waals surface area contributed by atoms with Crippen LogP contribution in [0, 0.1) is 0 Å². The Labute approximate surface area is 87.4 Å². The van der Waals surface area contributed by atoms with E-state index in [-0.39, 0.29) is 22.8 Å². The molecule has 0 spiro atoms. The molecular formula is C9H11NO4S. The molecule has 0 aliphatic carbocycles. The summed E-state index contributed by atoms with van der Waals surface area (Å²) in [6.45, 7) is -0.230. The number of rotatable bonds is 3. The Morgan fingerprint density at radius 2 is 2.07 bits per heavy atom. The Balaban J connectivity index is 3.27. The van der Waals surface area contributed by atoms with Crippen molar-refractivity contribution in [2.45, 2.75) is 4.90 Å². The van der Waals surface area contributed by atoms with Crippen LogP contribution in [0.4, 0.5) is 0 Å². The van der Waals surface area contributed by atoms with Gasteiger partial charge in [-0.2, -0.15) is 0 Å². The van der Waals surface area contributed by atoms with Gasteiger partial charge in [0.05, 0.1) is 17.0 Å². The van der Waals surface area contributed by atoms with Crippen LogP contribution in [0.3, 0.4) is 0 Å². The summed E-state index contributed by atoms with van der Waals surface area (Å²) in [5.41, 5.74) is 5.15. The van der Waals surface area contributed by atoms with Crippen LogP contribution >= 0.6 is 0 Å². The van der Waals surface area contributed by atoms with E-state index in [1.807, 2.05) is 0 Å². The number of sulfone groups is 1. The number of carbonyl (C=O) groups excluding carboxylic acids is 1. The Kier molecular flexibility index (Phi) is 3.11. The molecule has 0 aromatic heterocycles. The molecular weight excluding hydrogens is 218 g/mol. The normalized spacial score (nSPS) is 11.3. The van der Waals surface area contributed by atoms with Gasteiger partial charge < -0.3 is 10.8 Å². The van der Waals surface area contributed by atoms with Gasteiger partial charge in [0.25, 0.3) is 0 Å². The van der Waals surface area contributed by atoms with Crippen LogP contribution in [-0.4, -0.2) is 32.1 Å². The molecule has 5 nitrogen and oxygen atoms in total. The van der Waals surface area contributed by atoms with Crippen molar-refractivity contribution in [2.75, 3.05) is 12.8 Å². The summed E-state index contributed by atoms with van der Waals surface area (Å²) in [5, 5.41) is 9.42. The highest BCUT2D eigenvalue weighted by Crippen LogP contribution is 2.21. The van der Waals surface area contributed by atoms with Crippen molar-refractivity contribution in [3.05, 3.63) is 23.8 Å². The zero-order valence-corrected chi connectivity index (χ0v) is 8.91. The molecule has 0 saturated carbocycles. The standard InChI is InChI=1S/C9H11NO4S/c1-15(13,14)6-2-3-7(8(11)4-6)9(12)5-10/h2-4,11H,5,10H2,1H3. The van der Waals surface area contributed by atoms with Crippen LogP contribution < -0.4 is 5.73 Å². The van der Waals surface area contributed by atoms with Crippen LogP contribution in [0.25, 0.3) is 0 Å². The summed E-state index contributed by atoms with van der Waals surface area (Å²) >= 11 is 0. The molecule has 0 atom stereocenters. The topological polar surface area (TPSA) is 97.5 Å². The van der Waals surface area contributed by atoms with Gasteiger partial charge in [-0.15, -0.1) is 0 Å². The van der Waals surface area contributed by atoms with E-state index in [0.29, 0.717) is 0 Å². The SMILES string of the molecule is CS(=O)(=O)c1ccc(C(=O)CN)c(O)c1. The zero-order chi connectivity index (χ0) is 11.6. The van der Waals surface area contributed by atoms with Gasteiger partial charge in [-0.25, -0.2) is 8.42 Å². The zero-order valence-electron chi connectivity index (χ0n) is 8.10. The number of benzene rings is 1. The minimum Gasteiger partial charge on any atom is -0.507 e. The molecule has 0 amide bonds. The maximum absolute atomic E-state index is 11.2. The number of nitrogens with two attached hydrogens (primary N) is 1. The Bertz CT molecular complexity index is 493. The molecule has 6 heteroatoms. The number of hydrogen-bond donors (Lipinski definition) is 2. The second kappa shape index (κ2) is 4.00. The summed E-state index contributed by atoms with van der Waals surface area (Å²) in [5.74, 6) is -0.805. The molecule has 0 aliphatic rings. The maximum atomic E-state index is 11.2. The molecule has 0 unspecified atom stereocenters. The molecule has 0 bridgehead atoms. The molecule has 15 heavy (non-hydrogen) atoms. The van der Waals surface area contributed by atoms with Gasteiger partial charge in [-0.3, -0.25) is 4.79 Å². The lowest BCUT2D eigenvalue weighted by Gasteiger charge is -2.04. The van der Waals surface area contributed by atoms with E-state index in [4.69, 9.17) is 5.73 Å². The van der Waals surface area contributed by atoms with E-state index >= 15 is 0 Å². The first-order chi connectivity index (χ1) is 6.86.